The number of nitrogens with one attached hydrogen (secondary N) is 2. The number of piperazine rings is 1. The van der Waals surface area contributed by atoms with Gasteiger partial charge in [-0.2, -0.15) is 0 Å². The molecule has 2 aromatic rings. The lowest BCUT2D eigenvalue weighted by Gasteiger charge is -2.37. The molecule has 39 heavy (non-hydrogen) atoms. The van der Waals surface area contributed by atoms with Gasteiger partial charge in [0.1, 0.15) is 0 Å². The van der Waals surface area contributed by atoms with Gasteiger partial charge in [0.2, 0.25) is 5.91 Å². The fourth-order valence-corrected chi connectivity index (χ4v) is 5.86. The van der Waals surface area contributed by atoms with Crippen molar-refractivity contribution in [3.05, 3.63) is 59.7 Å². The summed E-state index contributed by atoms with van der Waals surface area (Å²) in [6, 6.07) is 16.7. The van der Waals surface area contributed by atoms with E-state index in [1.165, 1.54) is 50.5 Å². The summed E-state index contributed by atoms with van der Waals surface area (Å²) in [5.74, 6) is 0.0158. The number of rotatable bonds is 13. The van der Waals surface area contributed by atoms with Crippen molar-refractivity contribution < 1.29 is 9.59 Å². The van der Waals surface area contributed by atoms with Gasteiger partial charge in [0.25, 0.3) is 5.91 Å². The number of carbonyl (C=O) groups is 2. The van der Waals surface area contributed by atoms with Crippen LogP contribution in [0.1, 0.15) is 99.9 Å². The average molecular weight is 533 g/mol. The van der Waals surface area contributed by atoms with Crippen molar-refractivity contribution in [3.63, 3.8) is 0 Å². The zero-order valence-corrected chi connectivity index (χ0v) is 23.9. The van der Waals surface area contributed by atoms with Crippen LogP contribution in [-0.2, 0) is 11.3 Å². The van der Waals surface area contributed by atoms with E-state index in [9.17, 15) is 9.59 Å². The summed E-state index contributed by atoms with van der Waals surface area (Å²) in [7, 11) is 0. The summed E-state index contributed by atoms with van der Waals surface area (Å²) in [5, 5.41) is 6.37. The third-order valence-electron chi connectivity index (χ3n) is 8.18. The smallest absolute Gasteiger partial charge is 0.253 e. The molecule has 1 saturated carbocycles. The van der Waals surface area contributed by atoms with Crippen LogP contribution in [0, 0.1) is 0 Å². The van der Waals surface area contributed by atoms with Crippen LogP contribution in [0.15, 0.2) is 48.5 Å². The van der Waals surface area contributed by atoms with Crippen LogP contribution in [0.4, 0.5) is 11.4 Å². The second-order valence-electron chi connectivity index (χ2n) is 11.4. The van der Waals surface area contributed by atoms with Gasteiger partial charge in [0.15, 0.2) is 0 Å². The van der Waals surface area contributed by atoms with Crippen LogP contribution in [0.25, 0.3) is 0 Å². The van der Waals surface area contributed by atoms with E-state index >= 15 is 0 Å². The third kappa shape index (κ3) is 9.38. The Kier molecular flexibility index (Phi) is 11.7. The molecule has 1 saturated heterocycles. The molecule has 2 N–H and O–H groups in total. The Morgan fingerprint density at radius 1 is 0.846 bits per heavy atom. The van der Waals surface area contributed by atoms with Gasteiger partial charge in [-0.3, -0.25) is 14.5 Å². The van der Waals surface area contributed by atoms with Gasteiger partial charge in [-0.15, -0.1) is 0 Å². The molecule has 1 heterocycles. The van der Waals surface area contributed by atoms with Gasteiger partial charge in [0, 0.05) is 56.6 Å². The molecule has 1 aliphatic carbocycles. The van der Waals surface area contributed by atoms with Crippen molar-refractivity contribution in [2.45, 2.75) is 96.6 Å². The second kappa shape index (κ2) is 15.7. The van der Waals surface area contributed by atoms with E-state index < -0.39 is 0 Å². The Morgan fingerprint density at radius 2 is 1.56 bits per heavy atom. The predicted molar refractivity (Wildman–Crippen MR) is 161 cm³/mol. The van der Waals surface area contributed by atoms with Crippen molar-refractivity contribution in [1.82, 2.24) is 10.2 Å². The minimum atomic E-state index is -0.0179. The lowest BCUT2D eigenvalue weighted by atomic mass is 9.95. The number of unbranched alkanes of at least 4 members (excludes halogenated alkanes) is 5. The van der Waals surface area contributed by atoms with Crippen LogP contribution in [0.3, 0.4) is 0 Å². The molecule has 0 aromatic heterocycles. The molecular weight excluding hydrogens is 484 g/mol. The van der Waals surface area contributed by atoms with Crippen molar-refractivity contribution >= 4 is 23.2 Å². The van der Waals surface area contributed by atoms with Gasteiger partial charge in [-0.1, -0.05) is 88.6 Å². The third-order valence-corrected chi connectivity index (χ3v) is 8.18. The van der Waals surface area contributed by atoms with Crippen LogP contribution in [0.5, 0.6) is 0 Å². The SMILES string of the molecule is CCCCCCCCC(=O)Nc1ccc(N2CCN(Cc3ccccc3)CC2)c(C(=O)NC2CCCCC2)c1. The number of anilines is 2. The molecule has 2 aromatic carbocycles. The van der Waals surface area contributed by atoms with Crippen LogP contribution in [-0.4, -0.2) is 48.9 Å². The van der Waals surface area contributed by atoms with E-state index in [1.54, 1.807) is 0 Å². The van der Waals surface area contributed by atoms with Crippen LogP contribution in [0.2, 0.25) is 0 Å². The number of carbonyl (C=O) groups excluding carboxylic acids is 2. The summed E-state index contributed by atoms with van der Waals surface area (Å²) < 4.78 is 0. The molecule has 0 radical (unpaired) electrons. The largest absolute Gasteiger partial charge is 0.368 e. The fourth-order valence-electron chi connectivity index (χ4n) is 5.86. The monoisotopic (exact) mass is 532 g/mol. The highest BCUT2D eigenvalue weighted by Gasteiger charge is 2.24. The Hall–Kier alpha value is -2.86. The molecule has 0 unspecified atom stereocenters. The minimum absolute atomic E-state index is 0.0179. The van der Waals surface area contributed by atoms with Gasteiger partial charge in [0.05, 0.1) is 5.56 Å². The average Bonchev–Trinajstić information content (AvgIpc) is 2.96. The van der Waals surface area contributed by atoms with Crippen molar-refractivity contribution in [2.75, 3.05) is 36.4 Å². The van der Waals surface area contributed by atoms with Crippen LogP contribution < -0.4 is 15.5 Å². The maximum absolute atomic E-state index is 13.6. The second-order valence-corrected chi connectivity index (χ2v) is 11.4. The fraction of sp³-hybridized carbons (Fsp3) is 0.576. The van der Waals surface area contributed by atoms with Gasteiger partial charge in [-0.05, 0) is 43.0 Å². The number of hydrogen-bond donors (Lipinski definition) is 2. The lowest BCUT2D eigenvalue weighted by Crippen LogP contribution is -2.46. The standard InChI is InChI=1S/C33H48N4O2/c1-2-3-4-5-6-13-18-32(38)34-29-19-20-31(30(25-29)33(39)35-28-16-11-8-12-17-28)37-23-21-36(22-24-37)26-27-14-9-7-10-15-27/h7,9-10,14-15,19-20,25,28H,2-6,8,11-13,16-18,21-24,26H2,1H3,(H,34,38)(H,35,39). The minimum Gasteiger partial charge on any atom is -0.368 e. The van der Waals surface area contributed by atoms with Gasteiger partial charge in [-0.25, -0.2) is 0 Å². The summed E-state index contributed by atoms with van der Waals surface area (Å²) in [5.41, 5.74) is 3.69. The van der Waals surface area contributed by atoms with E-state index in [2.05, 4.69) is 57.7 Å². The molecule has 0 atom stereocenters. The van der Waals surface area contributed by atoms with Gasteiger partial charge >= 0.3 is 0 Å². The number of hydrogen-bond acceptors (Lipinski definition) is 4. The normalized spacial score (nSPS) is 16.7. The summed E-state index contributed by atoms with van der Waals surface area (Å²) >= 11 is 0. The maximum Gasteiger partial charge on any atom is 0.253 e. The molecule has 2 amide bonds. The zero-order chi connectivity index (χ0) is 27.3. The molecule has 6 heteroatoms. The Morgan fingerprint density at radius 3 is 2.31 bits per heavy atom. The molecule has 212 valence electrons. The van der Waals surface area contributed by atoms with E-state index in [0.717, 1.165) is 64.1 Å². The molecule has 6 nitrogen and oxygen atoms in total. The Labute approximate surface area is 235 Å². The highest BCUT2D eigenvalue weighted by atomic mass is 16.2. The predicted octanol–water partition coefficient (Wildman–Crippen LogP) is 6.76. The van der Waals surface area contributed by atoms with Crippen LogP contribution >= 0.6 is 0 Å². The molecule has 0 bridgehead atoms. The topological polar surface area (TPSA) is 64.7 Å². The summed E-state index contributed by atoms with van der Waals surface area (Å²) in [6.07, 6.45) is 13.2. The van der Waals surface area contributed by atoms with E-state index in [4.69, 9.17) is 0 Å². The maximum atomic E-state index is 13.6. The number of benzene rings is 2. The van der Waals surface area contributed by atoms with Crippen molar-refractivity contribution in [1.29, 1.82) is 0 Å². The molecular formula is C33H48N4O2. The summed E-state index contributed by atoms with van der Waals surface area (Å²) in [6.45, 7) is 6.83. The highest BCUT2D eigenvalue weighted by molar-refractivity contribution is 6.02. The van der Waals surface area contributed by atoms with E-state index in [0.29, 0.717) is 17.7 Å². The lowest BCUT2D eigenvalue weighted by molar-refractivity contribution is -0.116. The highest BCUT2D eigenvalue weighted by Crippen LogP contribution is 2.27. The van der Waals surface area contributed by atoms with E-state index in [1.807, 2.05) is 18.2 Å². The first-order valence-electron chi connectivity index (χ1n) is 15.4. The van der Waals surface area contributed by atoms with Gasteiger partial charge < -0.3 is 15.5 Å². The molecule has 0 spiro atoms. The first kappa shape index (κ1) is 29.1. The number of amides is 2. The van der Waals surface area contributed by atoms with Crippen molar-refractivity contribution in [2.24, 2.45) is 0 Å². The first-order valence-corrected chi connectivity index (χ1v) is 15.4. The first-order chi connectivity index (χ1) is 19.1. The van der Waals surface area contributed by atoms with Crippen molar-refractivity contribution in [3.8, 4) is 0 Å². The van der Waals surface area contributed by atoms with E-state index in [-0.39, 0.29) is 17.9 Å². The summed E-state index contributed by atoms with van der Waals surface area (Å²) in [4.78, 5) is 31.0. The zero-order valence-electron chi connectivity index (χ0n) is 23.9. The quantitative estimate of drug-likeness (QED) is 0.280. The molecule has 1 aliphatic heterocycles. The number of nitrogens with zero attached hydrogens (tertiary/aromatic N) is 2. The molecule has 2 aliphatic rings. The Balaban J connectivity index is 1.39. The molecule has 2 fully saturated rings. The Bertz CT molecular complexity index is 1030. The molecule has 4 rings (SSSR count).